The van der Waals surface area contributed by atoms with Crippen LogP contribution in [0.15, 0.2) is 35.0 Å². The maximum absolute atomic E-state index is 12.0. The van der Waals surface area contributed by atoms with E-state index in [0.29, 0.717) is 12.1 Å². The number of carboxylic acids is 1. The van der Waals surface area contributed by atoms with Crippen molar-refractivity contribution in [3.63, 3.8) is 0 Å². The summed E-state index contributed by atoms with van der Waals surface area (Å²) in [4.78, 5) is 22.8. The van der Waals surface area contributed by atoms with Crippen molar-refractivity contribution in [1.82, 2.24) is 5.32 Å². The van der Waals surface area contributed by atoms with Crippen LogP contribution in [-0.2, 0) is 17.8 Å². The number of amides is 1. The second kappa shape index (κ2) is 6.34. The quantitative estimate of drug-likeness (QED) is 0.889. The number of thiophene rings is 1. The molecule has 5 heteroatoms. The highest BCUT2D eigenvalue weighted by atomic mass is 32.1. The number of hydrogen-bond acceptors (Lipinski definition) is 3. The van der Waals surface area contributed by atoms with Gasteiger partial charge in [-0.15, -0.1) is 0 Å². The lowest BCUT2D eigenvalue weighted by Gasteiger charge is -2.09. The molecule has 0 radical (unpaired) electrons. The zero-order chi connectivity index (χ0) is 14.5. The first-order valence-corrected chi connectivity index (χ1v) is 7.11. The largest absolute Gasteiger partial charge is 0.481 e. The van der Waals surface area contributed by atoms with E-state index in [2.05, 4.69) is 5.32 Å². The molecule has 0 bridgehead atoms. The molecular weight excluding hydrogens is 274 g/mol. The molecule has 0 atom stereocenters. The van der Waals surface area contributed by atoms with Gasteiger partial charge in [-0.05, 0) is 29.0 Å². The number of aliphatic carboxylic acids is 1. The van der Waals surface area contributed by atoms with E-state index in [4.69, 9.17) is 5.11 Å². The lowest BCUT2D eigenvalue weighted by molar-refractivity contribution is -0.136. The number of nitrogens with one attached hydrogen (secondary N) is 1. The van der Waals surface area contributed by atoms with Crippen molar-refractivity contribution in [1.29, 1.82) is 0 Å². The molecule has 0 aliphatic heterocycles. The first-order valence-electron chi connectivity index (χ1n) is 6.17. The van der Waals surface area contributed by atoms with Gasteiger partial charge in [0, 0.05) is 11.9 Å². The molecule has 1 amide bonds. The minimum atomic E-state index is -0.877. The lowest BCUT2D eigenvalue weighted by Crippen LogP contribution is -2.23. The Bertz CT molecular complexity index is 634. The Kier molecular flexibility index (Phi) is 4.53. The fourth-order valence-corrected chi connectivity index (χ4v) is 2.76. The summed E-state index contributed by atoms with van der Waals surface area (Å²) >= 11 is 1.49. The van der Waals surface area contributed by atoms with Gasteiger partial charge in [0.15, 0.2) is 0 Å². The Balaban J connectivity index is 2.06. The Labute approximate surface area is 121 Å². The molecule has 2 rings (SSSR count). The van der Waals surface area contributed by atoms with Crippen molar-refractivity contribution in [2.75, 3.05) is 0 Å². The predicted molar refractivity (Wildman–Crippen MR) is 78.0 cm³/mol. The Hall–Kier alpha value is -2.14. The third-order valence-electron chi connectivity index (χ3n) is 3.00. The standard InChI is InChI=1S/C15H15NO3S/c1-10-8-20-9-13(10)15(19)16-7-12-5-3-2-4-11(12)6-14(17)18/h2-5,8-9H,6-7H2,1H3,(H,16,19)(H,17,18). The van der Waals surface area contributed by atoms with Crippen LogP contribution in [0.1, 0.15) is 27.0 Å². The summed E-state index contributed by atoms with van der Waals surface area (Å²) in [6.45, 7) is 2.22. The summed E-state index contributed by atoms with van der Waals surface area (Å²) in [5.74, 6) is -1.01. The van der Waals surface area contributed by atoms with Crippen molar-refractivity contribution in [3.05, 3.63) is 57.3 Å². The average molecular weight is 289 g/mol. The fourth-order valence-electron chi connectivity index (χ4n) is 1.93. The van der Waals surface area contributed by atoms with E-state index < -0.39 is 5.97 Å². The monoisotopic (exact) mass is 289 g/mol. The molecule has 0 unspecified atom stereocenters. The van der Waals surface area contributed by atoms with Gasteiger partial charge in [-0.3, -0.25) is 9.59 Å². The number of hydrogen-bond donors (Lipinski definition) is 2. The van der Waals surface area contributed by atoms with Crippen LogP contribution in [0.5, 0.6) is 0 Å². The molecule has 1 aromatic carbocycles. The zero-order valence-electron chi connectivity index (χ0n) is 11.1. The van der Waals surface area contributed by atoms with E-state index in [1.807, 2.05) is 29.8 Å². The molecule has 1 aromatic heterocycles. The second-order valence-corrected chi connectivity index (χ2v) is 5.23. The van der Waals surface area contributed by atoms with Gasteiger partial charge in [-0.2, -0.15) is 11.3 Å². The van der Waals surface area contributed by atoms with Crippen molar-refractivity contribution < 1.29 is 14.7 Å². The van der Waals surface area contributed by atoms with Crippen molar-refractivity contribution >= 4 is 23.2 Å². The molecule has 2 aromatic rings. The number of carbonyl (C=O) groups excluding carboxylic acids is 1. The number of aryl methyl sites for hydroxylation is 1. The molecule has 4 nitrogen and oxygen atoms in total. The maximum Gasteiger partial charge on any atom is 0.307 e. The number of rotatable bonds is 5. The van der Waals surface area contributed by atoms with Crippen LogP contribution in [0, 0.1) is 6.92 Å². The van der Waals surface area contributed by atoms with E-state index in [-0.39, 0.29) is 12.3 Å². The Morgan fingerprint density at radius 2 is 1.90 bits per heavy atom. The molecule has 0 aliphatic rings. The van der Waals surface area contributed by atoms with Gasteiger partial charge in [0.05, 0.1) is 12.0 Å². The van der Waals surface area contributed by atoms with Gasteiger partial charge in [0.1, 0.15) is 0 Å². The van der Waals surface area contributed by atoms with Gasteiger partial charge in [-0.25, -0.2) is 0 Å². The van der Waals surface area contributed by atoms with Gasteiger partial charge in [0.2, 0.25) is 0 Å². The van der Waals surface area contributed by atoms with E-state index in [1.165, 1.54) is 11.3 Å². The summed E-state index contributed by atoms with van der Waals surface area (Å²) < 4.78 is 0. The zero-order valence-corrected chi connectivity index (χ0v) is 11.9. The predicted octanol–water partition coefficient (Wildman–Crippen LogP) is 2.61. The second-order valence-electron chi connectivity index (χ2n) is 4.49. The van der Waals surface area contributed by atoms with Crippen LogP contribution < -0.4 is 5.32 Å². The smallest absolute Gasteiger partial charge is 0.307 e. The first-order chi connectivity index (χ1) is 9.58. The highest BCUT2D eigenvalue weighted by molar-refractivity contribution is 7.08. The minimum absolute atomic E-state index is 0.0382. The highest BCUT2D eigenvalue weighted by Crippen LogP contribution is 2.14. The van der Waals surface area contributed by atoms with Gasteiger partial charge in [-0.1, -0.05) is 24.3 Å². The Morgan fingerprint density at radius 1 is 1.20 bits per heavy atom. The molecule has 0 aliphatic carbocycles. The van der Waals surface area contributed by atoms with Crippen LogP contribution in [0.4, 0.5) is 0 Å². The molecule has 0 saturated carbocycles. The summed E-state index contributed by atoms with van der Waals surface area (Å²) in [5, 5.41) is 15.4. The highest BCUT2D eigenvalue weighted by Gasteiger charge is 2.11. The maximum atomic E-state index is 12.0. The van der Waals surface area contributed by atoms with E-state index in [9.17, 15) is 9.59 Å². The summed E-state index contributed by atoms with van der Waals surface area (Å²) in [7, 11) is 0. The van der Waals surface area contributed by atoms with Crippen LogP contribution >= 0.6 is 11.3 Å². The van der Waals surface area contributed by atoms with Crippen molar-refractivity contribution in [3.8, 4) is 0 Å². The van der Waals surface area contributed by atoms with Crippen LogP contribution in [-0.4, -0.2) is 17.0 Å². The third kappa shape index (κ3) is 3.45. The molecule has 0 saturated heterocycles. The number of carboxylic acid groups (broad SMARTS) is 1. The summed E-state index contributed by atoms with van der Waals surface area (Å²) in [6.07, 6.45) is -0.0382. The van der Waals surface area contributed by atoms with E-state index >= 15 is 0 Å². The van der Waals surface area contributed by atoms with E-state index in [0.717, 1.165) is 16.7 Å². The van der Waals surface area contributed by atoms with Gasteiger partial charge < -0.3 is 10.4 Å². The van der Waals surface area contributed by atoms with Crippen molar-refractivity contribution in [2.24, 2.45) is 0 Å². The SMILES string of the molecule is Cc1cscc1C(=O)NCc1ccccc1CC(=O)O. The van der Waals surface area contributed by atoms with Crippen LogP contribution in [0.3, 0.4) is 0 Å². The van der Waals surface area contributed by atoms with Crippen LogP contribution in [0.2, 0.25) is 0 Å². The first kappa shape index (κ1) is 14.3. The van der Waals surface area contributed by atoms with E-state index in [1.54, 1.807) is 12.1 Å². The number of benzene rings is 1. The molecule has 0 spiro atoms. The van der Waals surface area contributed by atoms with Crippen LogP contribution in [0.25, 0.3) is 0 Å². The molecule has 20 heavy (non-hydrogen) atoms. The molecule has 104 valence electrons. The molecule has 1 heterocycles. The average Bonchev–Trinajstić information content (AvgIpc) is 2.83. The molecular formula is C15H15NO3S. The Morgan fingerprint density at radius 3 is 2.50 bits per heavy atom. The van der Waals surface area contributed by atoms with Gasteiger partial charge in [0.25, 0.3) is 5.91 Å². The topological polar surface area (TPSA) is 66.4 Å². The molecule has 2 N–H and O–H groups in total. The lowest BCUT2D eigenvalue weighted by atomic mass is 10.0. The number of carbonyl (C=O) groups is 2. The third-order valence-corrected chi connectivity index (χ3v) is 3.86. The summed E-state index contributed by atoms with van der Waals surface area (Å²) in [6, 6.07) is 7.24. The van der Waals surface area contributed by atoms with Gasteiger partial charge >= 0.3 is 5.97 Å². The normalized spacial score (nSPS) is 10.2. The molecule has 0 fully saturated rings. The fraction of sp³-hybridized carbons (Fsp3) is 0.200. The summed E-state index contributed by atoms with van der Waals surface area (Å²) in [5.41, 5.74) is 3.18. The minimum Gasteiger partial charge on any atom is -0.481 e. The van der Waals surface area contributed by atoms with Crippen molar-refractivity contribution in [2.45, 2.75) is 19.9 Å².